The Bertz CT molecular complexity index is 1050. The molecule has 1 aliphatic heterocycles. The van der Waals surface area contributed by atoms with Gasteiger partial charge in [-0.2, -0.15) is 0 Å². The van der Waals surface area contributed by atoms with Crippen LogP contribution in [0.2, 0.25) is 5.02 Å². The number of thioether (sulfide) groups is 1. The molecule has 1 fully saturated rings. The van der Waals surface area contributed by atoms with Gasteiger partial charge in [-0.1, -0.05) is 49.0 Å². The number of carbonyl (C=O) groups is 1. The molecule has 10 heteroatoms. The first-order valence-corrected chi connectivity index (χ1v) is 12.4. The van der Waals surface area contributed by atoms with Gasteiger partial charge in [-0.3, -0.25) is 9.69 Å². The van der Waals surface area contributed by atoms with Crippen molar-refractivity contribution in [2.24, 2.45) is 5.73 Å². The number of aromatic nitrogens is 2. The molecule has 1 aliphatic rings. The highest BCUT2D eigenvalue weighted by Crippen LogP contribution is 2.30. The van der Waals surface area contributed by atoms with Crippen LogP contribution in [-0.4, -0.2) is 53.5 Å². The smallest absolute Gasteiger partial charge is 0.264 e. The largest absolute Gasteiger partial charge is 0.404 e. The minimum atomic E-state index is -0.365. The molecular formula is C24H32ClN7OS. The van der Waals surface area contributed by atoms with Gasteiger partial charge in [0.15, 0.2) is 0 Å². The second kappa shape index (κ2) is 12.1. The summed E-state index contributed by atoms with van der Waals surface area (Å²) in [6, 6.07) is 7.34. The highest BCUT2D eigenvalue weighted by Gasteiger charge is 2.19. The summed E-state index contributed by atoms with van der Waals surface area (Å²) < 4.78 is 0. The number of hydrogen-bond acceptors (Lipinski definition) is 8. The Kier molecular flexibility index (Phi) is 9.20. The SMILES string of the molecule is C=C(Nc1cc(N2CCN(CCC)CC2)nc(C)n1)S/C(=C\N)C(=O)Nc1c(C)cccc1Cl. The molecule has 1 aromatic heterocycles. The second-order valence-corrected chi connectivity index (χ2v) is 9.60. The molecule has 0 saturated carbocycles. The van der Waals surface area contributed by atoms with Crippen LogP contribution in [0.3, 0.4) is 0 Å². The number of hydrogen-bond donors (Lipinski definition) is 3. The molecule has 0 aliphatic carbocycles. The molecule has 1 saturated heterocycles. The van der Waals surface area contributed by atoms with Crippen LogP contribution in [0.15, 0.2) is 47.0 Å². The third-order valence-electron chi connectivity index (χ3n) is 5.40. The molecular weight excluding hydrogens is 470 g/mol. The number of benzene rings is 1. The molecule has 1 amide bonds. The molecule has 0 radical (unpaired) electrons. The normalized spacial score (nSPS) is 14.7. The fraction of sp³-hybridized carbons (Fsp3) is 0.375. The number of halogens is 1. The van der Waals surface area contributed by atoms with Gasteiger partial charge in [0.25, 0.3) is 5.91 Å². The number of aryl methyl sites for hydroxylation is 2. The van der Waals surface area contributed by atoms with Gasteiger partial charge in [0.2, 0.25) is 0 Å². The average Bonchev–Trinajstić information content (AvgIpc) is 2.80. The van der Waals surface area contributed by atoms with Gasteiger partial charge < -0.3 is 21.3 Å². The topological polar surface area (TPSA) is 99.4 Å². The Morgan fingerprint density at radius 1 is 1.24 bits per heavy atom. The Morgan fingerprint density at radius 2 is 1.97 bits per heavy atom. The second-order valence-electron chi connectivity index (χ2n) is 8.05. The molecule has 3 rings (SSSR count). The number of rotatable bonds is 9. The molecule has 2 heterocycles. The molecule has 4 N–H and O–H groups in total. The van der Waals surface area contributed by atoms with Gasteiger partial charge >= 0.3 is 0 Å². The minimum absolute atomic E-state index is 0.287. The lowest BCUT2D eigenvalue weighted by Gasteiger charge is -2.35. The van der Waals surface area contributed by atoms with Crippen molar-refractivity contribution in [2.45, 2.75) is 27.2 Å². The maximum absolute atomic E-state index is 12.8. The van der Waals surface area contributed by atoms with Crippen LogP contribution in [0.25, 0.3) is 0 Å². The quantitative estimate of drug-likeness (QED) is 0.436. The summed E-state index contributed by atoms with van der Waals surface area (Å²) in [6.45, 7) is 15.0. The number of piperazine rings is 1. The van der Waals surface area contributed by atoms with E-state index in [2.05, 4.69) is 43.9 Å². The fourth-order valence-corrected chi connectivity index (χ4v) is 4.62. The predicted molar refractivity (Wildman–Crippen MR) is 143 cm³/mol. The zero-order valence-electron chi connectivity index (χ0n) is 19.9. The first-order valence-electron chi connectivity index (χ1n) is 11.3. The zero-order valence-corrected chi connectivity index (χ0v) is 21.5. The summed E-state index contributed by atoms with van der Waals surface area (Å²) in [7, 11) is 0. The molecule has 0 spiro atoms. The molecule has 34 heavy (non-hydrogen) atoms. The summed E-state index contributed by atoms with van der Waals surface area (Å²) in [4.78, 5) is 26.9. The highest BCUT2D eigenvalue weighted by molar-refractivity contribution is 8.07. The van der Waals surface area contributed by atoms with Gasteiger partial charge in [0.1, 0.15) is 17.5 Å². The molecule has 8 nitrogen and oxygen atoms in total. The first-order chi connectivity index (χ1) is 16.3. The summed E-state index contributed by atoms with van der Waals surface area (Å²) in [5, 5.41) is 6.98. The van der Waals surface area contributed by atoms with Gasteiger partial charge in [0.05, 0.1) is 20.6 Å². The van der Waals surface area contributed by atoms with Crippen LogP contribution in [-0.2, 0) is 4.79 Å². The number of nitrogens with zero attached hydrogens (tertiary/aromatic N) is 4. The van der Waals surface area contributed by atoms with Crippen LogP contribution in [0, 0.1) is 13.8 Å². The van der Waals surface area contributed by atoms with E-state index in [9.17, 15) is 4.79 Å². The van der Waals surface area contributed by atoms with Crippen LogP contribution < -0.4 is 21.3 Å². The van der Waals surface area contributed by atoms with Gasteiger partial charge in [0, 0.05) is 38.4 Å². The molecule has 0 bridgehead atoms. The van der Waals surface area contributed by atoms with E-state index in [0.717, 1.165) is 62.3 Å². The van der Waals surface area contributed by atoms with E-state index >= 15 is 0 Å². The molecule has 1 aromatic carbocycles. The minimum Gasteiger partial charge on any atom is -0.404 e. The molecule has 182 valence electrons. The van der Waals surface area contributed by atoms with Crippen LogP contribution in [0.1, 0.15) is 24.7 Å². The Labute approximate surface area is 210 Å². The van der Waals surface area contributed by atoms with E-state index < -0.39 is 0 Å². The fourth-order valence-electron chi connectivity index (χ4n) is 3.72. The van der Waals surface area contributed by atoms with Crippen molar-refractivity contribution in [3.8, 4) is 0 Å². The summed E-state index contributed by atoms with van der Waals surface area (Å²) in [6.07, 6.45) is 2.42. The van der Waals surface area contributed by atoms with Crippen molar-refractivity contribution < 1.29 is 4.79 Å². The van der Waals surface area contributed by atoms with E-state index in [-0.39, 0.29) is 10.8 Å². The van der Waals surface area contributed by atoms with Crippen molar-refractivity contribution >= 4 is 46.6 Å². The number of anilines is 3. The number of amides is 1. The maximum Gasteiger partial charge on any atom is 0.264 e. The summed E-state index contributed by atoms with van der Waals surface area (Å²) >= 11 is 7.36. The molecule has 2 aromatic rings. The number of para-hydroxylation sites is 1. The number of nitrogens with two attached hydrogens (primary N) is 1. The predicted octanol–water partition coefficient (Wildman–Crippen LogP) is 4.33. The standard InChI is InChI=1S/C24H32ClN7OS/c1-5-9-31-10-12-32(13-11-31)22-14-21(27-17(3)28-22)29-18(4)34-20(15-26)24(33)30-23-16(2)7-6-8-19(23)25/h6-8,14-15H,4-5,9-13,26H2,1-3H3,(H,30,33)(H,27,28,29)/b20-15-. The van der Waals surface area contributed by atoms with E-state index in [4.69, 9.17) is 17.3 Å². The van der Waals surface area contributed by atoms with Gasteiger partial charge in [-0.05, 0) is 38.4 Å². The molecule has 0 unspecified atom stereocenters. The van der Waals surface area contributed by atoms with E-state index in [1.807, 2.05) is 32.0 Å². The lowest BCUT2D eigenvalue weighted by molar-refractivity contribution is -0.112. The highest BCUT2D eigenvalue weighted by atomic mass is 35.5. The summed E-state index contributed by atoms with van der Waals surface area (Å²) in [5.74, 6) is 1.80. The number of carbonyl (C=O) groups excluding carboxylic acids is 1. The van der Waals surface area contributed by atoms with Crippen molar-refractivity contribution in [3.63, 3.8) is 0 Å². The Balaban J connectivity index is 1.63. The lowest BCUT2D eigenvalue weighted by Crippen LogP contribution is -2.46. The number of nitrogens with one attached hydrogen (secondary N) is 2. The lowest BCUT2D eigenvalue weighted by atomic mass is 10.2. The van der Waals surface area contributed by atoms with Crippen LogP contribution in [0.4, 0.5) is 17.3 Å². The maximum atomic E-state index is 12.8. The van der Waals surface area contributed by atoms with Crippen molar-refractivity contribution in [3.05, 3.63) is 63.4 Å². The Morgan fingerprint density at radius 3 is 2.62 bits per heavy atom. The monoisotopic (exact) mass is 501 g/mol. The zero-order chi connectivity index (χ0) is 24.7. The summed E-state index contributed by atoms with van der Waals surface area (Å²) in [5.41, 5.74) is 7.16. The first kappa shape index (κ1) is 25.9. The third kappa shape index (κ3) is 6.88. The van der Waals surface area contributed by atoms with E-state index in [1.165, 1.54) is 6.20 Å². The van der Waals surface area contributed by atoms with E-state index in [0.29, 0.717) is 27.4 Å². The van der Waals surface area contributed by atoms with Crippen molar-refractivity contribution in [1.82, 2.24) is 14.9 Å². The average molecular weight is 502 g/mol. The van der Waals surface area contributed by atoms with Crippen LogP contribution >= 0.6 is 23.4 Å². The Hall–Kier alpha value is -2.75. The van der Waals surface area contributed by atoms with Crippen LogP contribution in [0.5, 0.6) is 0 Å². The van der Waals surface area contributed by atoms with E-state index in [1.54, 1.807) is 6.07 Å². The van der Waals surface area contributed by atoms with Crippen molar-refractivity contribution in [2.75, 3.05) is 48.3 Å². The molecule has 0 atom stereocenters. The third-order valence-corrected chi connectivity index (χ3v) is 6.60. The van der Waals surface area contributed by atoms with Gasteiger partial charge in [-0.15, -0.1) is 0 Å². The van der Waals surface area contributed by atoms with Gasteiger partial charge in [-0.25, -0.2) is 9.97 Å². The van der Waals surface area contributed by atoms with Crippen molar-refractivity contribution in [1.29, 1.82) is 0 Å².